The topological polar surface area (TPSA) is 50.9 Å². The summed E-state index contributed by atoms with van der Waals surface area (Å²) in [6, 6.07) is 3.77. The van der Waals surface area contributed by atoms with E-state index in [2.05, 4.69) is 26.0 Å². The predicted molar refractivity (Wildman–Crippen MR) is 82.5 cm³/mol. The van der Waals surface area contributed by atoms with Gasteiger partial charge in [-0.3, -0.25) is 0 Å². The molecule has 8 heteroatoms. The molecule has 1 N–H and O–H groups in total. The van der Waals surface area contributed by atoms with Gasteiger partial charge >= 0.3 is 6.18 Å². The van der Waals surface area contributed by atoms with Crippen LogP contribution in [0.2, 0.25) is 0 Å². The third kappa shape index (κ3) is 3.58. The van der Waals surface area contributed by atoms with Crippen LogP contribution in [0.15, 0.2) is 35.3 Å². The van der Waals surface area contributed by atoms with E-state index in [9.17, 15) is 18.3 Å². The van der Waals surface area contributed by atoms with Crippen molar-refractivity contribution in [3.63, 3.8) is 0 Å². The molecule has 1 atom stereocenters. The van der Waals surface area contributed by atoms with Gasteiger partial charge in [-0.15, -0.1) is 0 Å². The smallest absolute Gasteiger partial charge is 0.383 e. The number of hydrogen-bond donors (Lipinski definition) is 1. The van der Waals surface area contributed by atoms with Gasteiger partial charge in [0.1, 0.15) is 18.3 Å². The SMILES string of the molecule is CC(C)(C)C(O)(Cn1cncn1)c1ccc(Br)cc1C(F)(F)F. The molecule has 23 heavy (non-hydrogen) atoms. The van der Waals surface area contributed by atoms with Gasteiger partial charge in [0.05, 0.1) is 12.1 Å². The van der Waals surface area contributed by atoms with E-state index in [1.54, 1.807) is 20.8 Å². The molecule has 0 aliphatic carbocycles. The second-order valence-electron chi connectivity index (χ2n) is 6.39. The highest BCUT2D eigenvalue weighted by atomic mass is 79.9. The molecule has 0 aliphatic heterocycles. The lowest BCUT2D eigenvalue weighted by Crippen LogP contribution is -2.45. The number of aromatic nitrogens is 3. The summed E-state index contributed by atoms with van der Waals surface area (Å²) in [6.07, 6.45) is -1.95. The van der Waals surface area contributed by atoms with Crippen molar-refractivity contribution < 1.29 is 18.3 Å². The molecular weight excluding hydrogens is 375 g/mol. The highest BCUT2D eigenvalue weighted by Crippen LogP contribution is 2.46. The molecule has 2 rings (SSSR count). The van der Waals surface area contributed by atoms with Gasteiger partial charge < -0.3 is 5.11 Å². The molecule has 0 fully saturated rings. The second-order valence-corrected chi connectivity index (χ2v) is 7.31. The van der Waals surface area contributed by atoms with E-state index in [0.717, 1.165) is 6.07 Å². The van der Waals surface area contributed by atoms with Crippen LogP contribution in [0.1, 0.15) is 31.9 Å². The maximum atomic E-state index is 13.5. The zero-order valence-corrected chi connectivity index (χ0v) is 14.5. The Balaban J connectivity index is 2.66. The molecule has 0 radical (unpaired) electrons. The Hall–Kier alpha value is -1.41. The van der Waals surface area contributed by atoms with Gasteiger partial charge in [-0.1, -0.05) is 42.8 Å². The molecule has 0 bridgehead atoms. The predicted octanol–water partition coefficient (Wildman–Crippen LogP) is 3.99. The average molecular weight is 392 g/mol. The fraction of sp³-hybridized carbons (Fsp3) is 0.467. The van der Waals surface area contributed by atoms with Crippen molar-refractivity contribution in [2.24, 2.45) is 5.41 Å². The Morgan fingerprint density at radius 2 is 1.83 bits per heavy atom. The number of rotatable bonds is 3. The first-order valence-corrected chi connectivity index (χ1v) is 7.66. The fourth-order valence-electron chi connectivity index (χ4n) is 2.39. The number of nitrogens with zero attached hydrogens (tertiary/aromatic N) is 3. The summed E-state index contributed by atoms with van der Waals surface area (Å²) >= 11 is 3.06. The molecule has 1 aromatic heterocycles. The molecule has 126 valence electrons. The second kappa shape index (κ2) is 5.90. The van der Waals surface area contributed by atoms with Gasteiger partial charge in [-0.05, 0) is 23.1 Å². The summed E-state index contributed by atoms with van der Waals surface area (Å²) in [5.74, 6) is 0. The lowest BCUT2D eigenvalue weighted by Gasteiger charge is -2.41. The summed E-state index contributed by atoms with van der Waals surface area (Å²) in [5, 5.41) is 15.1. The Bertz CT molecular complexity index is 680. The van der Waals surface area contributed by atoms with E-state index in [1.165, 1.54) is 29.5 Å². The third-order valence-corrected chi connectivity index (χ3v) is 4.32. The molecule has 1 heterocycles. The van der Waals surface area contributed by atoms with Gasteiger partial charge in [0.15, 0.2) is 0 Å². The van der Waals surface area contributed by atoms with Gasteiger partial charge in [-0.2, -0.15) is 18.3 Å². The number of alkyl halides is 3. The minimum Gasteiger partial charge on any atom is -0.383 e. The maximum Gasteiger partial charge on any atom is 0.416 e. The minimum atomic E-state index is -4.58. The van der Waals surface area contributed by atoms with Gasteiger partial charge in [-0.25, -0.2) is 9.67 Å². The molecule has 0 spiro atoms. The summed E-state index contributed by atoms with van der Waals surface area (Å²) in [6.45, 7) is 4.92. The van der Waals surface area contributed by atoms with Crippen LogP contribution in [0.25, 0.3) is 0 Å². The first-order valence-electron chi connectivity index (χ1n) is 6.87. The standard InChI is InChI=1S/C15H17BrF3N3O/c1-13(2,3)14(23,7-22-9-20-8-21-22)11-5-4-10(16)6-12(11)15(17,18)19/h4-6,8-9,23H,7H2,1-3H3. The van der Waals surface area contributed by atoms with Crippen molar-refractivity contribution in [1.29, 1.82) is 0 Å². The van der Waals surface area contributed by atoms with Crippen molar-refractivity contribution in [3.8, 4) is 0 Å². The molecule has 0 saturated heterocycles. The molecule has 0 amide bonds. The Kier molecular flexibility index (Phi) is 4.60. The molecule has 1 aromatic carbocycles. The average Bonchev–Trinajstić information content (AvgIpc) is 2.88. The van der Waals surface area contributed by atoms with E-state index in [0.29, 0.717) is 4.47 Å². The van der Waals surface area contributed by atoms with Crippen LogP contribution in [0.3, 0.4) is 0 Å². The van der Waals surface area contributed by atoms with E-state index >= 15 is 0 Å². The summed E-state index contributed by atoms with van der Waals surface area (Å²) < 4.78 is 42.0. The first-order chi connectivity index (χ1) is 10.4. The zero-order valence-electron chi connectivity index (χ0n) is 12.9. The quantitative estimate of drug-likeness (QED) is 0.860. The number of benzene rings is 1. The lowest BCUT2D eigenvalue weighted by molar-refractivity contribution is -0.145. The van der Waals surface area contributed by atoms with Crippen molar-refractivity contribution in [1.82, 2.24) is 14.8 Å². The van der Waals surface area contributed by atoms with Crippen molar-refractivity contribution >= 4 is 15.9 Å². The van der Waals surface area contributed by atoms with Crippen LogP contribution in [0.5, 0.6) is 0 Å². The van der Waals surface area contributed by atoms with Crippen LogP contribution in [0, 0.1) is 5.41 Å². The normalized spacial score (nSPS) is 15.5. The van der Waals surface area contributed by atoms with Gasteiger partial charge in [0.2, 0.25) is 0 Å². The largest absolute Gasteiger partial charge is 0.416 e. The molecule has 0 aliphatic rings. The molecule has 2 aromatic rings. The fourth-order valence-corrected chi connectivity index (χ4v) is 2.75. The molecule has 1 unspecified atom stereocenters. The third-order valence-electron chi connectivity index (χ3n) is 3.83. The van der Waals surface area contributed by atoms with Crippen LogP contribution in [0.4, 0.5) is 13.2 Å². The van der Waals surface area contributed by atoms with Crippen LogP contribution < -0.4 is 0 Å². The van der Waals surface area contributed by atoms with Crippen molar-refractivity contribution in [2.75, 3.05) is 0 Å². The van der Waals surface area contributed by atoms with Crippen molar-refractivity contribution in [3.05, 3.63) is 46.5 Å². The van der Waals surface area contributed by atoms with Crippen molar-refractivity contribution in [2.45, 2.75) is 39.1 Å². The lowest BCUT2D eigenvalue weighted by atomic mass is 9.70. The molecular formula is C15H17BrF3N3O. The van der Waals surface area contributed by atoms with Gasteiger partial charge in [0, 0.05) is 4.47 Å². The summed E-state index contributed by atoms with van der Waals surface area (Å²) in [4.78, 5) is 3.78. The maximum absolute atomic E-state index is 13.5. The highest BCUT2D eigenvalue weighted by molar-refractivity contribution is 9.10. The zero-order chi connectivity index (χ0) is 17.5. The minimum absolute atomic E-state index is 0.138. The van der Waals surface area contributed by atoms with Crippen LogP contribution in [-0.2, 0) is 18.3 Å². The Labute approximate surface area is 140 Å². The van der Waals surface area contributed by atoms with E-state index in [4.69, 9.17) is 0 Å². The Morgan fingerprint density at radius 3 is 2.30 bits per heavy atom. The highest BCUT2D eigenvalue weighted by Gasteiger charge is 2.47. The first kappa shape index (κ1) is 17.9. The van der Waals surface area contributed by atoms with E-state index in [-0.39, 0.29) is 12.1 Å². The molecule has 4 nitrogen and oxygen atoms in total. The number of hydrogen-bond acceptors (Lipinski definition) is 3. The van der Waals surface area contributed by atoms with E-state index in [1.807, 2.05) is 0 Å². The molecule has 0 saturated carbocycles. The van der Waals surface area contributed by atoms with E-state index < -0.39 is 22.8 Å². The Morgan fingerprint density at radius 1 is 1.17 bits per heavy atom. The van der Waals surface area contributed by atoms with Crippen LogP contribution in [-0.4, -0.2) is 19.9 Å². The van der Waals surface area contributed by atoms with Crippen LogP contribution >= 0.6 is 15.9 Å². The summed E-state index contributed by atoms with van der Waals surface area (Å²) in [7, 11) is 0. The van der Waals surface area contributed by atoms with Gasteiger partial charge in [0.25, 0.3) is 0 Å². The summed E-state index contributed by atoms with van der Waals surface area (Å²) in [5.41, 5.74) is -3.71. The number of aliphatic hydroxyl groups is 1. The monoisotopic (exact) mass is 391 g/mol. The number of halogens is 4.